The molecule has 2 amide bonds. The number of rotatable bonds is 5. The van der Waals surface area contributed by atoms with Crippen molar-refractivity contribution in [2.75, 3.05) is 0 Å². The number of aryl methyl sites for hydroxylation is 1. The van der Waals surface area contributed by atoms with Gasteiger partial charge < -0.3 is 15.4 Å². The lowest BCUT2D eigenvalue weighted by Crippen LogP contribution is -2.45. The maximum atomic E-state index is 13.0. The quantitative estimate of drug-likeness (QED) is 0.587. The van der Waals surface area contributed by atoms with E-state index in [1.165, 1.54) is 0 Å². The van der Waals surface area contributed by atoms with Crippen LogP contribution in [-0.4, -0.2) is 27.9 Å². The summed E-state index contributed by atoms with van der Waals surface area (Å²) in [7, 11) is 0. The summed E-state index contributed by atoms with van der Waals surface area (Å²) in [5.41, 5.74) is 5.11. The Labute approximate surface area is 187 Å². The number of nitrogens with one attached hydrogen (secondary N) is 2. The van der Waals surface area contributed by atoms with Gasteiger partial charge in [0.05, 0.1) is 29.1 Å². The van der Waals surface area contributed by atoms with E-state index >= 15 is 0 Å². The highest BCUT2D eigenvalue weighted by molar-refractivity contribution is 5.95. The van der Waals surface area contributed by atoms with E-state index in [4.69, 9.17) is 9.84 Å². The van der Waals surface area contributed by atoms with Crippen LogP contribution in [0.4, 0.5) is 4.79 Å². The van der Waals surface area contributed by atoms with E-state index < -0.39 is 12.0 Å². The maximum absolute atomic E-state index is 13.0. The number of para-hydroxylation sites is 1. The normalized spacial score (nSPS) is 16.0. The van der Waals surface area contributed by atoms with Crippen molar-refractivity contribution >= 4 is 12.0 Å². The molecule has 0 bridgehead atoms. The molecule has 0 radical (unpaired) electrons. The van der Waals surface area contributed by atoms with Crippen LogP contribution in [0.25, 0.3) is 16.9 Å². The second kappa shape index (κ2) is 8.70. The van der Waals surface area contributed by atoms with Gasteiger partial charge >= 0.3 is 12.0 Å². The highest BCUT2D eigenvalue weighted by Crippen LogP contribution is 2.35. The Morgan fingerprint density at radius 1 is 1.06 bits per heavy atom. The van der Waals surface area contributed by atoms with Gasteiger partial charge in [0, 0.05) is 23.0 Å². The minimum Gasteiger partial charge on any atom is -0.459 e. The monoisotopic (exact) mass is 430 g/mol. The standard InChI is InChI=1S/C25H26N4O3/c1-15(2)32-24(30)21-17(4)26-25(31)27-23(21)20-14-29(19-8-6-5-7-9-19)28-22(20)18-12-10-16(3)11-13-18/h5-15,23H,1-4H3,(H2,26,27,31). The number of allylic oxidation sites excluding steroid dienone is 1. The molecule has 1 unspecified atom stereocenters. The fourth-order valence-corrected chi connectivity index (χ4v) is 3.72. The summed E-state index contributed by atoms with van der Waals surface area (Å²) in [5.74, 6) is -0.475. The third kappa shape index (κ3) is 4.27. The molecule has 3 aromatic rings. The molecule has 1 aliphatic heterocycles. The van der Waals surface area contributed by atoms with Crippen LogP contribution in [0.1, 0.15) is 37.9 Å². The third-order valence-electron chi connectivity index (χ3n) is 5.23. The largest absolute Gasteiger partial charge is 0.459 e. The fraction of sp³-hybridized carbons (Fsp3) is 0.240. The zero-order valence-electron chi connectivity index (χ0n) is 18.5. The van der Waals surface area contributed by atoms with Crippen molar-refractivity contribution in [1.82, 2.24) is 20.4 Å². The van der Waals surface area contributed by atoms with E-state index in [2.05, 4.69) is 10.6 Å². The van der Waals surface area contributed by atoms with Crippen LogP contribution in [-0.2, 0) is 9.53 Å². The van der Waals surface area contributed by atoms with Crippen molar-refractivity contribution in [2.45, 2.75) is 39.8 Å². The number of hydrogen-bond donors (Lipinski definition) is 2. The second-order valence-electron chi connectivity index (χ2n) is 8.10. The highest BCUT2D eigenvalue weighted by atomic mass is 16.5. The minimum absolute atomic E-state index is 0.287. The SMILES string of the molecule is CC1=C(C(=O)OC(C)C)C(c2cn(-c3ccccc3)nc2-c2ccc(C)cc2)NC(=O)N1. The molecule has 7 nitrogen and oxygen atoms in total. The average Bonchev–Trinajstić information content (AvgIpc) is 3.19. The van der Waals surface area contributed by atoms with Crippen molar-refractivity contribution in [3.05, 3.63) is 83.2 Å². The summed E-state index contributed by atoms with van der Waals surface area (Å²) in [5, 5.41) is 10.4. The Hall–Kier alpha value is -3.87. The van der Waals surface area contributed by atoms with Crippen molar-refractivity contribution in [1.29, 1.82) is 0 Å². The zero-order valence-corrected chi connectivity index (χ0v) is 18.5. The van der Waals surface area contributed by atoms with Crippen LogP contribution >= 0.6 is 0 Å². The van der Waals surface area contributed by atoms with Gasteiger partial charge in [-0.1, -0.05) is 48.0 Å². The maximum Gasteiger partial charge on any atom is 0.338 e. The Kier molecular flexibility index (Phi) is 5.81. The number of urea groups is 1. The lowest BCUT2D eigenvalue weighted by molar-refractivity contribution is -0.143. The van der Waals surface area contributed by atoms with Crippen molar-refractivity contribution in [3.63, 3.8) is 0 Å². The second-order valence-corrected chi connectivity index (χ2v) is 8.10. The smallest absolute Gasteiger partial charge is 0.338 e. The molecule has 0 aliphatic carbocycles. The summed E-state index contributed by atoms with van der Waals surface area (Å²) in [6.07, 6.45) is 1.57. The number of carbonyl (C=O) groups is 2. The lowest BCUT2D eigenvalue weighted by Gasteiger charge is -2.28. The zero-order chi connectivity index (χ0) is 22.8. The van der Waals surface area contributed by atoms with E-state index in [0.29, 0.717) is 22.5 Å². The molecule has 1 aromatic heterocycles. The predicted molar refractivity (Wildman–Crippen MR) is 122 cm³/mol. The molecule has 0 saturated heterocycles. The first-order chi connectivity index (χ1) is 15.3. The molecular weight excluding hydrogens is 404 g/mol. The summed E-state index contributed by atoms with van der Waals surface area (Å²) in [6.45, 7) is 7.31. The van der Waals surface area contributed by atoms with Crippen LogP contribution in [0, 0.1) is 6.92 Å². The van der Waals surface area contributed by atoms with Crippen molar-refractivity contribution < 1.29 is 14.3 Å². The van der Waals surface area contributed by atoms with Crippen LogP contribution in [0.3, 0.4) is 0 Å². The fourth-order valence-electron chi connectivity index (χ4n) is 3.72. The summed E-state index contributed by atoms with van der Waals surface area (Å²) < 4.78 is 7.25. The number of carbonyl (C=O) groups excluding carboxylic acids is 2. The van der Waals surface area contributed by atoms with Gasteiger partial charge in [0.2, 0.25) is 0 Å². The molecule has 7 heteroatoms. The summed E-state index contributed by atoms with van der Waals surface area (Å²) >= 11 is 0. The lowest BCUT2D eigenvalue weighted by atomic mass is 9.93. The summed E-state index contributed by atoms with van der Waals surface area (Å²) in [6, 6.07) is 16.6. The molecule has 1 aliphatic rings. The predicted octanol–water partition coefficient (Wildman–Crippen LogP) is 4.43. The third-order valence-corrected chi connectivity index (χ3v) is 5.23. The molecule has 0 fully saturated rings. The Bertz CT molecular complexity index is 1180. The van der Waals surface area contributed by atoms with Gasteiger partial charge in [-0.2, -0.15) is 5.10 Å². The van der Waals surface area contributed by atoms with Gasteiger partial charge in [-0.25, -0.2) is 14.3 Å². The number of benzene rings is 2. The van der Waals surface area contributed by atoms with E-state index in [-0.39, 0.29) is 12.1 Å². The minimum atomic E-state index is -0.705. The van der Waals surface area contributed by atoms with Crippen molar-refractivity contribution in [3.8, 4) is 16.9 Å². The number of nitrogens with zero attached hydrogens (tertiary/aromatic N) is 2. The molecule has 2 heterocycles. The van der Waals surface area contributed by atoms with Crippen LogP contribution in [0.2, 0.25) is 0 Å². The van der Waals surface area contributed by atoms with E-state index in [9.17, 15) is 9.59 Å². The molecule has 32 heavy (non-hydrogen) atoms. The van der Waals surface area contributed by atoms with Gasteiger partial charge in [0.15, 0.2) is 0 Å². The Balaban J connectivity index is 1.89. The molecule has 2 aromatic carbocycles. The number of aromatic nitrogens is 2. The number of esters is 1. The van der Waals surface area contributed by atoms with Crippen LogP contribution < -0.4 is 10.6 Å². The molecule has 0 saturated carbocycles. The van der Waals surface area contributed by atoms with E-state index in [1.807, 2.05) is 67.7 Å². The number of ether oxygens (including phenoxy) is 1. The van der Waals surface area contributed by atoms with Gasteiger partial charge in [-0.05, 0) is 39.8 Å². The van der Waals surface area contributed by atoms with Crippen LogP contribution in [0.5, 0.6) is 0 Å². The molecule has 164 valence electrons. The van der Waals surface area contributed by atoms with Crippen LogP contribution in [0.15, 0.2) is 72.1 Å². The molecule has 0 spiro atoms. The molecule has 4 rings (SSSR count). The Morgan fingerprint density at radius 3 is 2.41 bits per heavy atom. The van der Waals surface area contributed by atoms with Gasteiger partial charge in [0.25, 0.3) is 0 Å². The van der Waals surface area contributed by atoms with Gasteiger partial charge in [0.1, 0.15) is 0 Å². The topological polar surface area (TPSA) is 85.2 Å². The first-order valence-corrected chi connectivity index (χ1v) is 10.5. The molecule has 1 atom stereocenters. The molecule has 2 N–H and O–H groups in total. The van der Waals surface area contributed by atoms with Gasteiger partial charge in [-0.15, -0.1) is 0 Å². The first kappa shape index (κ1) is 21.4. The first-order valence-electron chi connectivity index (χ1n) is 10.5. The summed E-state index contributed by atoms with van der Waals surface area (Å²) in [4.78, 5) is 25.4. The van der Waals surface area contributed by atoms with Crippen molar-refractivity contribution in [2.24, 2.45) is 0 Å². The molecular formula is C25H26N4O3. The van der Waals surface area contributed by atoms with E-state index in [1.54, 1.807) is 25.5 Å². The van der Waals surface area contributed by atoms with E-state index in [0.717, 1.165) is 16.8 Å². The van der Waals surface area contributed by atoms with Gasteiger partial charge in [-0.3, -0.25) is 0 Å². The Morgan fingerprint density at radius 2 is 1.75 bits per heavy atom. The average molecular weight is 431 g/mol. The highest BCUT2D eigenvalue weighted by Gasteiger charge is 2.35. The number of hydrogen-bond acceptors (Lipinski definition) is 4. The number of amides is 2.